The highest BCUT2D eigenvalue weighted by Gasteiger charge is 2.38. The number of hydrogen-bond donors (Lipinski definition) is 2. The zero-order chi connectivity index (χ0) is 13.2. The summed E-state index contributed by atoms with van der Waals surface area (Å²) >= 11 is 0. The fourth-order valence-electron chi connectivity index (χ4n) is 2.49. The molecule has 2 N–H and O–H groups in total. The van der Waals surface area contributed by atoms with E-state index in [1.54, 1.807) is 4.68 Å². The minimum absolute atomic E-state index is 0.0929. The van der Waals surface area contributed by atoms with Crippen molar-refractivity contribution < 1.29 is 4.79 Å². The van der Waals surface area contributed by atoms with Gasteiger partial charge in [0.05, 0.1) is 5.41 Å². The van der Waals surface area contributed by atoms with E-state index in [1.807, 2.05) is 20.0 Å². The molecule has 18 heavy (non-hydrogen) atoms. The zero-order valence-corrected chi connectivity index (χ0v) is 11.4. The number of nitrogens with zero attached hydrogens (tertiary/aromatic N) is 2. The van der Waals surface area contributed by atoms with Gasteiger partial charge in [0.15, 0.2) is 5.82 Å². The molecule has 0 radical (unpaired) electrons. The lowest BCUT2D eigenvalue weighted by atomic mass is 9.77. The van der Waals surface area contributed by atoms with Crippen LogP contribution in [-0.2, 0) is 11.8 Å². The molecule has 0 spiro atoms. The van der Waals surface area contributed by atoms with Gasteiger partial charge in [0.2, 0.25) is 5.91 Å². The van der Waals surface area contributed by atoms with E-state index in [2.05, 4.69) is 22.7 Å². The van der Waals surface area contributed by atoms with Crippen LogP contribution in [0.15, 0.2) is 6.07 Å². The largest absolute Gasteiger partial charge is 0.316 e. The van der Waals surface area contributed by atoms with E-state index in [-0.39, 0.29) is 11.3 Å². The maximum absolute atomic E-state index is 12.4. The molecule has 1 unspecified atom stereocenters. The zero-order valence-electron chi connectivity index (χ0n) is 11.4. The number of amides is 1. The fourth-order valence-corrected chi connectivity index (χ4v) is 2.49. The van der Waals surface area contributed by atoms with Gasteiger partial charge in [-0.2, -0.15) is 5.10 Å². The molecule has 5 nitrogen and oxygen atoms in total. The molecule has 1 atom stereocenters. The molecule has 1 aromatic heterocycles. The summed E-state index contributed by atoms with van der Waals surface area (Å²) in [5, 5.41) is 10.6. The minimum Gasteiger partial charge on any atom is -0.316 e. The molecule has 2 heterocycles. The quantitative estimate of drug-likeness (QED) is 0.853. The second-order valence-electron chi connectivity index (χ2n) is 5.16. The maximum Gasteiger partial charge on any atom is 0.233 e. The van der Waals surface area contributed by atoms with Crippen molar-refractivity contribution in [1.29, 1.82) is 0 Å². The van der Waals surface area contributed by atoms with Gasteiger partial charge >= 0.3 is 0 Å². The van der Waals surface area contributed by atoms with Gasteiger partial charge in [0, 0.05) is 25.4 Å². The Kier molecular flexibility index (Phi) is 3.71. The Morgan fingerprint density at radius 2 is 2.44 bits per heavy atom. The van der Waals surface area contributed by atoms with Gasteiger partial charge in [0.25, 0.3) is 0 Å². The van der Waals surface area contributed by atoms with Crippen molar-refractivity contribution >= 4 is 11.7 Å². The molecule has 1 saturated heterocycles. The number of anilines is 1. The number of carbonyl (C=O) groups excluding carboxylic acids is 1. The Labute approximate surface area is 108 Å². The molecule has 100 valence electrons. The molecule has 1 amide bonds. The van der Waals surface area contributed by atoms with E-state index >= 15 is 0 Å². The van der Waals surface area contributed by atoms with Crippen molar-refractivity contribution in [2.24, 2.45) is 12.5 Å². The van der Waals surface area contributed by atoms with Gasteiger partial charge in [0.1, 0.15) is 0 Å². The first-order valence-electron chi connectivity index (χ1n) is 6.60. The predicted molar refractivity (Wildman–Crippen MR) is 71.4 cm³/mol. The van der Waals surface area contributed by atoms with Crippen LogP contribution < -0.4 is 10.6 Å². The van der Waals surface area contributed by atoms with Gasteiger partial charge in [-0.3, -0.25) is 9.48 Å². The molecule has 0 aromatic carbocycles. The van der Waals surface area contributed by atoms with E-state index in [9.17, 15) is 4.79 Å². The lowest BCUT2D eigenvalue weighted by Gasteiger charge is -2.35. The predicted octanol–water partition coefficient (Wildman–Crippen LogP) is 1.45. The Balaban J connectivity index is 2.10. The van der Waals surface area contributed by atoms with Gasteiger partial charge in [-0.15, -0.1) is 0 Å². The summed E-state index contributed by atoms with van der Waals surface area (Å²) in [6.07, 6.45) is 2.87. The third-order valence-corrected chi connectivity index (χ3v) is 3.99. The van der Waals surface area contributed by atoms with E-state index in [0.29, 0.717) is 5.82 Å². The summed E-state index contributed by atoms with van der Waals surface area (Å²) in [5.41, 5.74) is 0.765. The maximum atomic E-state index is 12.4. The molecule has 1 aromatic rings. The number of nitrogens with one attached hydrogen (secondary N) is 2. The molecule has 0 bridgehead atoms. The smallest absolute Gasteiger partial charge is 0.233 e. The first-order chi connectivity index (χ1) is 8.57. The molecule has 0 saturated carbocycles. The van der Waals surface area contributed by atoms with Crippen LogP contribution in [0.2, 0.25) is 0 Å². The topological polar surface area (TPSA) is 59.0 Å². The highest BCUT2D eigenvalue weighted by molar-refractivity contribution is 5.94. The van der Waals surface area contributed by atoms with Crippen LogP contribution in [0.25, 0.3) is 0 Å². The highest BCUT2D eigenvalue weighted by atomic mass is 16.2. The van der Waals surface area contributed by atoms with E-state index in [0.717, 1.165) is 38.0 Å². The number of aryl methyl sites for hydroxylation is 2. The van der Waals surface area contributed by atoms with Gasteiger partial charge < -0.3 is 10.6 Å². The number of rotatable bonds is 3. The standard InChI is InChI=1S/C13H22N4O/c1-4-13(6-5-7-14-9-13)12(18)15-11-8-10(2)17(3)16-11/h8,14H,4-7,9H2,1-3H3,(H,15,16,18). The molecule has 1 aliphatic heterocycles. The number of carbonyl (C=O) groups is 1. The number of hydrogen-bond acceptors (Lipinski definition) is 3. The third kappa shape index (κ3) is 2.41. The van der Waals surface area contributed by atoms with Crippen molar-refractivity contribution in [3.05, 3.63) is 11.8 Å². The monoisotopic (exact) mass is 250 g/mol. The Bertz CT molecular complexity index is 413. The summed E-state index contributed by atoms with van der Waals surface area (Å²) < 4.78 is 1.77. The second kappa shape index (κ2) is 5.10. The van der Waals surface area contributed by atoms with E-state index in [1.165, 1.54) is 0 Å². The lowest BCUT2D eigenvalue weighted by molar-refractivity contribution is -0.126. The molecular formula is C13H22N4O. The summed E-state index contributed by atoms with van der Waals surface area (Å²) in [5.74, 6) is 0.744. The average Bonchev–Trinajstić information content (AvgIpc) is 2.69. The van der Waals surface area contributed by atoms with Crippen LogP contribution in [0.4, 0.5) is 5.82 Å². The van der Waals surface area contributed by atoms with Crippen LogP contribution in [0, 0.1) is 12.3 Å². The average molecular weight is 250 g/mol. The van der Waals surface area contributed by atoms with E-state index < -0.39 is 0 Å². The Morgan fingerprint density at radius 3 is 2.94 bits per heavy atom. The SMILES string of the molecule is CCC1(C(=O)Nc2cc(C)n(C)n2)CCCNC1. The van der Waals surface area contributed by atoms with Crippen LogP contribution in [-0.4, -0.2) is 28.8 Å². The molecule has 0 aliphatic carbocycles. The first kappa shape index (κ1) is 13.1. The van der Waals surface area contributed by atoms with Gasteiger partial charge in [-0.1, -0.05) is 6.92 Å². The molecule has 1 aliphatic rings. The van der Waals surface area contributed by atoms with Crippen LogP contribution in [0.3, 0.4) is 0 Å². The van der Waals surface area contributed by atoms with Crippen molar-refractivity contribution in [3.63, 3.8) is 0 Å². The molecule has 2 rings (SSSR count). The minimum atomic E-state index is -0.274. The van der Waals surface area contributed by atoms with Crippen molar-refractivity contribution in [2.75, 3.05) is 18.4 Å². The number of piperidine rings is 1. The lowest BCUT2D eigenvalue weighted by Crippen LogP contribution is -2.47. The first-order valence-corrected chi connectivity index (χ1v) is 6.60. The summed E-state index contributed by atoms with van der Waals surface area (Å²) in [6, 6.07) is 1.90. The fraction of sp³-hybridized carbons (Fsp3) is 0.692. The normalized spacial score (nSPS) is 23.9. The Hall–Kier alpha value is -1.36. The van der Waals surface area contributed by atoms with E-state index in [4.69, 9.17) is 0 Å². The second-order valence-corrected chi connectivity index (χ2v) is 5.16. The third-order valence-electron chi connectivity index (χ3n) is 3.99. The van der Waals surface area contributed by atoms with Crippen LogP contribution >= 0.6 is 0 Å². The summed E-state index contributed by atoms with van der Waals surface area (Å²) in [7, 11) is 1.88. The van der Waals surface area contributed by atoms with Gasteiger partial charge in [-0.25, -0.2) is 0 Å². The van der Waals surface area contributed by atoms with Crippen molar-refractivity contribution in [2.45, 2.75) is 33.1 Å². The highest BCUT2D eigenvalue weighted by Crippen LogP contribution is 2.31. The summed E-state index contributed by atoms with van der Waals surface area (Å²) in [6.45, 7) is 5.83. The van der Waals surface area contributed by atoms with Crippen molar-refractivity contribution in [3.8, 4) is 0 Å². The molecule has 1 fully saturated rings. The van der Waals surface area contributed by atoms with Gasteiger partial charge in [-0.05, 0) is 32.7 Å². The van der Waals surface area contributed by atoms with Crippen LogP contribution in [0.1, 0.15) is 31.9 Å². The molecular weight excluding hydrogens is 228 g/mol. The number of aromatic nitrogens is 2. The molecule has 5 heteroatoms. The van der Waals surface area contributed by atoms with Crippen molar-refractivity contribution in [1.82, 2.24) is 15.1 Å². The van der Waals surface area contributed by atoms with Crippen LogP contribution in [0.5, 0.6) is 0 Å². The summed E-state index contributed by atoms with van der Waals surface area (Å²) in [4.78, 5) is 12.4. The Morgan fingerprint density at radius 1 is 1.67 bits per heavy atom.